The molecule has 2 aromatic rings. The summed E-state index contributed by atoms with van der Waals surface area (Å²) in [6, 6.07) is 3.89. The Morgan fingerprint density at radius 2 is 1.81 bits per heavy atom. The number of piperidine rings is 2. The van der Waals surface area contributed by atoms with Gasteiger partial charge < -0.3 is 4.90 Å². The summed E-state index contributed by atoms with van der Waals surface area (Å²) in [5.41, 5.74) is 3.03. The largest absolute Gasteiger partial charge is 0.334 e. The summed E-state index contributed by atoms with van der Waals surface area (Å²) in [5.74, 6) is 0.124. The van der Waals surface area contributed by atoms with Crippen LogP contribution in [-0.4, -0.2) is 63.7 Å². The number of amides is 1. The van der Waals surface area contributed by atoms with Gasteiger partial charge in [-0.15, -0.1) is 0 Å². The first-order valence-electron chi connectivity index (χ1n) is 11.1. The van der Waals surface area contributed by atoms with E-state index in [1.807, 2.05) is 35.0 Å². The number of hydrogen-bond donors (Lipinski definition) is 0. The molecule has 2 aromatic heterocycles. The molecule has 0 bridgehead atoms. The molecule has 0 spiro atoms. The Bertz CT molecular complexity index is 1010. The molecule has 0 radical (unpaired) electrons. The maximum Gasteiger partial charge on any atom is 0.226 e. The zero-order valence-electron chi connectivity index (χ0n) is 18.3. The first-order chi connectivity index (χ1) is 14.9. The maximum atomic E-state index is 13.5. The van der Waals surface area contributed by atoms with Crippen molar-refractivity contribution in [3.05, 3.63) is 36.4 Å². The van der Waals surface area contributed by atoms with Gasteiger partial charge in [0, 0.05) is 56.8 Å². The third kappa shape index (κ3) is 4.52. The molecule has 0 aromatic carbocycles. The smallest absolute Gasteiger partial charge is 0.226 e. The van der Waals surface area contributed by atoms with Gasteiger partial charge in [0.1, 0.15) is 0 Å². The topological polar surface area (TPSA) is 88.4 Å². The van der Waals surface area contributed by atoms with Gasteiger partial charge in [0.2, 0.25) is 15.9 Å². The molecule has 2 fully saturated rings. The summed E-state index contributed by atoms with van der Waals surface area (Å²) < 4.78 is 27.7. The summed E-state index contributed by atoms with van der Waals surface area (Å²) >= 11 is 0. The molecule has 1 amide bonds. The normalized spacial score (nSPS) is 21.4. The van der Waals surface area contributed by atoms with Crippen molar-refractivity contribution in [3.63, 3.8) is 0 Å². The van der Waals surface area contributed by atoms with E-state index in [9.17, 15) is 13.2 Å². The van der Waals surface area contributed by atoms with Crippen LogP contribution in [0.3, 0.4) is 0 Å². The van der Waals surface area contributed by atoms with E-state index in [1.165, 1.54) is 4.31 Å². The minimum absolute atomic E-state index is 0.0528. The van der Waals surface area contributed by atoms with Crippen molar-refractivity contribution < 1.29 is 13.2 Å². The number of sulfonamides is 1. The SMILES string of the molecule is CCS(=O)(=O)N1CCC(C(=O)N2CCCC[C@@H]2c2nn(C)cc2-c2ccncc2)CC1. The summed E-state index contributed by atoms with van der Waals surface area (Å²) in [4.78, 5) is 19.7. The second kappa shape index (κ2) is 9.08. The Hall–Kier alpha value is -2.26. The molecule has 8 nitrogen and oxygen atoms in total. The quantitative estimate of drug-likeness (QED) is 0.706. The van der Waals surface area contributed by atoms with Crippen molar-refractivity contribution in [2.75, 3.05) is 25.4 Å². The van der Waals surface area contributed by atoms with E-state index in [1.54, 1.807) is 19.3 Å². The zero-order chi connectivity index (χ0) is 22.0. The van der Waals surface area contributed by atoms with Crippen LogP contribution in [0.1, 0.15) is 50.8 Å². The molecular weight excluding hydrogens is 414 g/mol. The average molecular weight is 446 g/mol. The zero-order valence-corrected chi connectivity index (χ0v) is 19.1. The molecule has 2 aliphatic heterocycles. The number of aromatic nitrogens is 3. The lowest BCUT2D eigenvalue weighted by atomic mass is 9.91. The fraction of sp³-hybridized carbons (Fsp3) is 0.591. The van der Waals surface area contributed by atoms with E-state index in [4.69, 9.17) is 5.10 Å². The monoisotopic (exact) mass is 445 g/mol. The lowest BCUT2D eigenvalue weighted by molar-refractivity contribution is -0.140. The minimum atomic E-state index is -3.19. The van der Waals surface area contributed by atoms with E-state index < -0.39 is 10.0 Å². The number of hydrogen-bond acceptors (Lipinski definition) is 5. The van der Waals surface area contributed by atoms with Gasteiger partial charge in [0.05, 0.1) is 17.5 Å². The molecular formula is C22H31N5O3S. The van der Waals surface area contributed by atoms with Crippen molar-refractivity contribution in [3.8, 4) is 11.1 Å². The second-order valence-electron chi connectivity index (χ2n) is 8.45. The van der Waals surface area contributed by atoms with Crippen molar-refractivity contribution in [1.29, 1.82) is 0 Å². The van der Waals surface area contributed by atoms with Crippen LogP contribution in [0.5, 0.6) is 0 Å². The number of carbonyl (C=O) groups excluding carboxylic acids is 1. The Morgan fingerprint density at radius 1 is 1.10 bits per heavy atom. The Kier molecular flexibility index (Phi) is 6.43. The lowest BCUT2D eigenvalue weighted by Crippen LogP contribution is -2.47. The summed E-state index contributed by atoms with van der Waals surface area (Å²) in [5, 5.41) is 4.76. The van der Waals surface area contributed by atoms with E-state index in [0.717, 1.165) is 42.6 Å². The summed E-state index contributed by atoms with van der Waals surface area (Å²) in [6.45, 7) is 3.25. The van der Waals surface area contributed by atoms with Gasteiger partial charge in [0.25, 0.3) is 0 Å². The highest BCUT2D eigenvalue weighted by molar-refractivity contribution is 7.89. The Balaban J connectivity index is 1.55. The lowest BCUT2D eigenvalue weighted by Gasteiger charge is -2.39. The van der Waals surface area contributed by atoms with Crippen molar-refractivity contribution in [2.24, 2.45) is 13.0 Å². The van der Waals surface area contributed by atoms with Gasteiger partial charge >= 0.3 is 0 Å². The predicted octanol–water partition coefficient (Wildman–Crippen LogP) is 2.60. The molecule has 0 saturated carbocycles. The van der Waals surface area contributed by atoms with Crippen LogP contribution in [0, 0.1) is 5.92 Å². The highest BCUT2D eigenvalue weighted by Gasteiger charge is 2.37. The van der Waals surface area contributed by atoms with Crippen LogP contribution < -0.4 is 0 Å². The first kappa shape index (κ1) is 22.0. The maximum absolute atomic E-state index is 13.5. The Morgan fingerprint density at radius 3 is 2.48 bits per heavy atom. The number of nitrogens with zero attached hydrogens (tertiary/aromatic N) is 5. The van der Waals surface area contributed by atoms with E-state index in [-0.39, 0.29) is 23.6 Å². The minimum Gasteiger partial charge on any atom is -0.334 e. The predicted molar refractivity (Wildman–Crippen MR) is 119 cm³/mol. The fourth-order valence-electron chi connectivity index (χ4n) is 4.78. The van der Waals surface area contributed by atoms with Gasteiger partial charge in [-0.2, -0.15) is 5.10 Å². The highest BCUT2D eigenvalue weighted by atomic mass is 32.2. The number of pyridine rings is 1. The van der Waals surface area contributed by atoms with Crippen LogP contribution >= 0.6 is 0 Å². The number of carbonyl (C=O) groups is 1. The molecule has 0 N–H and O–H groups in total. The van der Waals surface area contributed by atoms with Crippen molar-refractivity contribution in [2.45, 2.75) is 45.1 Å². The van der Waals surface area contributed by atoms with Gasteiger partial charge in [-0.05, 0) is 56.7 Å². The van der Waals surface area contributed by atoms with Crippen LogP contribution in [0.2, 0.25) is 0 Å². The second-order valence-corrected chi connectivity index (χ2v) is 10.7. The molecule has 2 saturated heterocycles. The molecule has 168 valence electrons. The van der Waals surface area contributed by atoms with E-state index in [2.05, 4.69) is 4.98 Å². The van der Waals surface area contributed by atoms with Crippen molar-refractivity contribution >= 4 is 15.9 Å². The highest BCUT2D eigenvalue weighted by Crippen LogP contribution is 2.37. The van der Waals surface area contributed by atoms with Crippen LogP contribution in [-0.2, 0) is 21.9 Å². The molecule has 0 unspecified atom stereocenters. The molecule has 2 aliphatic rings. The summed E-state index contributed by atoms with van der Waals surface area (Å²) in [7, 11) is -1.28. The third-order valence-corrected chi connectivity index (χ3v) is 8.39. The third-order valence-electron chi connectivity index (χ3n) is 6.51. The van der Waals surface area contributed by atoms with Gasteiger partial charge in [0.15, 0.2) is 0 Å². The average Bonchev–Trinajstić information content (AvgIpc) is 3.21. The number of rotatable bonds is 5. The van der Waals surface area contributed by atoms with E-state index in [0.29, 0.717) is 25.9 Å². The first-order valence-corrected chi connectivity index (χ1v) is 12.7. The van der Waals surface area contributed by atoms with Crippen LogP contribution in [0.15, 0.2) is 30.7 Å². The molecule has 4 heterocycles. The molecule has 4 rings (SSSR count). The number of aryl methyl sites for hydroxylation is 1. The molecule has 9 heteroatoms. The summed E-state index contributed by atoms with van der Waals surface area (Å²) in [6.07, 6.45) is 9.67. The molecule has 0 aliphatic carbocycles. The van der Waals surface area contributed by atoms with Crippen molar-refractivity contribution in [1.82, 2.24) is 24.0 Å². The van der Waals surface area contributed by atoms with Crippen LogP contribution in [0.4, 0.5) is 0 Å². The van der Waals surface area contributed by atoms with Gasteiger partial charge in [-0.1, -0.05) is 0 Å². The number of likely N-dealkylation sites (tertiary alicyclic amines) is 1. The van der Waals surface area contributed by atoms with E-state index >= 15 is 0 Å². The fourth-order valence-corrected chi connectivity index (χ4v) is 5.92. The molecule has 1 atom stereocenters. The van der Waals surface area contributed by atoms with Gasteiger partial charge in [-0.3, -0.25) is 14.5 Å². The van der Waals surface area contributed by atoms with Gasteiger partial charge in [-0.25, -0.2) is 12.7 Å². The standard InChI is InChI=1S/C22H31N5O3S/c1-3-31(29,30)26-14-9-18(10-15-26)22(28)27-13-5-4-6-20(27)21-19(16-25(2)24-21)17-7-11-23-12-8-17/h7-8,11-12,16,18,20H,3-6,9-10,13-15H2,1-2H3/t20-/m1/s1. The molecule has 31 heavy (non-hydrogen) atoms. The Labute approximate surface area is 184 Å². The van der Waals surface area contributed by atoms with Crippen LogP contribution in [0.25, 0.3) is 11.1 Å².